The Hall–Kier alpha value is -2.97. The van der Waals surface area contributed by atoms with Gasteiger partial charge >= 0.3 is 0 Å². The van der Waals surface area contributed by atoms with Crippen LogP contribution >= 0.6 is 0 Å². The number of aryl methyl sites for hydroxylation is 1. The number of unbranched alkanes of at least 4 members (excludes halogenated alkanes) is 2. The molecule has 166 valence electrons. The standard InChI is InChI=1S/C27H32N4O/c1-20-10-8-11-21(2)30(20)16-6-3-7-17-31-25-15-5-4-14-24(25)29-26(27(31)32)23-13-9-12-22(18-23)19-28/h4-5,9,12-15,18,20-21H,3,6-8,10-11,16-17H2,1-2H3. The number of rotatable bonds is 7. The molecule has 1 saturated heterocycles. The second-order valence-electron chi connectivity index (χ2n) is 9.03. The highest BCUT2D eigenvalue weighted by molar-refractivity contribution is 5.78. The van der Waals surface area contributed by atoms with E-state index >= 15 is 0 Å². The summed E-state index contributed by atoms with van der Waals surface area (Å²) >= 11 is 0. The van der Waals surface area contributed by atoms with E-state index in [-0.39, 0.29) is 5.56 Å². The van der Waals surface area contributed by atoms with Gasteiger partial charge in [0, 0.05) is 24.2 Å². The van der Waals surface area contributed by atoms with E-state index in [4.69, 9.17) is 0 Å². The molecule has 2 unspecified atom stereocenters. The quantitative estimate of drug-likeness (QED) is 0.475. The van der Waals surface area contributed by atoms with Crippen LogP contribution < -0.4 is 5.56 Å². The van der Waals surface area contributed by atoms with Crippen molar-refractivity contribution in [2.24, 2.45) is 0 Å². The number of hydrogen-bond donors (Lipinski definition) is 0. The maximum atomic E-state index is 13.4. The van der Waals surface area contributed by atoms with Crippen molar-refractivity contribution in [3.63, 3.8) is 0 Å². The van der Waals surface area contributed by atoms with Crippen molar-refractivity contribution in [2.45, 2.75) is 71.0 Å². The number of nitriles is 1. The molecule has 2 aromatic carbocycles. The van der Waals surface area contributed by atoms with Gasteiger partial charge in [0.15, 0.2) is 0 Å². The van der Waals surface area contributed by atoms with Gasteiger partial charge in [0.25, 0.3) is 5.56 Å². The third-order valence-corrected chi connectivity index (χ3v) is 6.79. The van der Waals surface area contributed by atoms with E-state index in [0.717, 1.165) is 36.8 Å². The Morgan fingerprint density at radius 3 is 2.53 bits per heavy atom. The average molecular weight is 429 g/mol. The minimum atomic E-state index is -0.0861. The lowest BCUT2D eigenvalue weighted by molar-refractivity contribution is 0.101. The summed E-state index contributed by atoms with van der Waals surface area (Å²) in [4.78, 5) is 20.7. The van der Waals surface area contributed by atoms with E-state index in [1.54, 1.807) is 18.2 Å². The van der Waals surface area contributed by atoms with Crippen molar-refractivity contribution in [1.82, 2.24) is 14.5 Å². The summed E-state index contributed by atoms with van der Waals surface area (Å²) in [5.74, 6) is 0. The molecule has 4 rings (SSSR count). The molecule has 1 fully saturated rings. The molecule has 2 atom stereocenters. The topological polar surface area (TPSA) is 61.9 Å². The van der Waals surface area contributed by atoms with Crippen molar-refractivity contribution in [1.29, 1.82) is 5.26 Å². The maximum absolute atomic E-state index is 13.4. The van der Waals surface area contributed by atoms with Crippen molar-refractivity contribution in [3.05, 3.63) is 64.4 Å². The van der Waals surface area contributed by atoms with E-state index < -0.39 is 0 Å². The molecule has 0 aliphatic carbocycles. The lowest BCUT2D eigenvalue weighted by Gasteiger charge is -2.39. The van der Waals surface area contributed by atoms with Crippen LogP contribution in [0.3, 0.4) is 0 Å². The summed E-state index contributed by atoms with van der Waals surface area (Å²) < 4.78 is 1.86. The van der Waals surface area contributed by atoms with Gasteiger partial charge in [-0.3, -0.25) is 9.69 Å². The van der Waals surface area contributed by atoms with Crippen LogP contribution in [-0.2, 0) is 6.54 Å². The fourth-order valence-electron chi connectivity index (χ4n) is 5.00. The zero-order valence-corrected chi connectivity index (χ0v) is 19.1. The van der Waals surface area contributed by atoms with E-state index in [1.807, 2.05) is 34.9 Å². The van der Waals surface area contributed by atoms with Crippen LogP contribution in [-0.4, -0.2) is 33.1 Å². The Morgan fingerprint density at radius 1 is 1.00 bits per heavy atom. The van der Waals surface area contributed by atoms with Crippen LogP contribution in [0.25, 0.3) is 22.3 Å². The summed E-state index contributed by atoms with van der Waals surface area (Å²) in [6.45, 7) is 6.51. The first-order chi connectivity index (χ1) is 15.6. The highest BCUT2D eigenvalue weighted by Crippen LogP contribution is 2.23. The van der Waals surface area contributed by atoms with Crippen molar-refractivity contribution >= 4 is 11.0 Å². The van der Waals surface area contributed by atoms with Crippen LogP contribution in [0, 0.1) is 11.3 Å². The number of para-hydroxylation sites is 2. The molecule has 0 bridgehead atoms. The monoisotopic (exact) mass is 428 g/mol. The predicted octanol–water partition coefficient (Wildman–Crippen LogP) is 5.37. The van der Waals surface area contributed by atoms with Crippen LogP contribution in [0.5, 0.6) is 0 Å². The molecule has 0 spiro atoms. The largest absolute Gasteiger partial charge is 0.305 e. The summed E-state index contributed by atoms with van der Waals surface area (Å²) in [6.07, 6.45) is 7.16. The van der Waals surface area contributed by atoms with Gasteiger partial charge in [-0.15, -0.1) is 0 Å². The van der Waals surface area contributed by atoms with E-state index in [2.05, 4.69) is 29.8 Å². The van der Waals surface area contributed by atoms with E-state index in [9.17, 15) is 10.1 Å². The smallest absolute Gasteiger partial charge is 0.277 e. The van der Waals surface area contributed by atoms with Crippen LogP contribution in [0.4, 0.5) is 0 Å². The molecule has 1 aliphatic rings. The molecule has 5 heteroatoms. The van der Waals surface area contributed by atoms with Crippen molar-refractivity contribution in [3.8, 4) is 17.3 Å². The molecular formula is C27H32N4O. The van der Waals surface area contributed by atoms with Crippen LogP contribution in [0.15, 0.2) is 53.3 Å². The van der Waals surface area contributed by atoms with Gasteiger partial charge in [0.1, 0.15) is 5.69 Å². The number of piperidine rings is 1. The van der Waals surface area contributed by atoms with Crippen LogP contribution in [0.1, 0.15) is 57.9 Å². The molecule has 2 heterocycles. The Balaban J connectivity index is 1.51. The Bertz CT molecular complexity index is 1170. The lowest BCUT2D eigenvalue weighted by Crippen LogP contribution is -2.44. The number of fused-ring (bicyclic) bond motifs is 1. The Kier molecular flexibility index (Phi) is 7.02. The normalized spacial score (nSPS) is 19.2. The third kappa shape index (κ3) is 4.76. The Morgan fingerprint density at radius 2 is 1.75 bits per heavy atom. The predicted molar refractivity (Wildman–Crippen MR) is 129 cm³/mol. The van der Waals surface area contributed by atoms with Gasteiger partial charge in [0.2, 0.25) is 0 Å². The second kappa shape index (κ2) is 10.1. The molecule has 32 heavy (non-hydrogen) atoms. The second-order valence-corrected chi connectivity index (χ2v) is 9.03. The van der Waals surface area contributed by atoms with Gasteiger partial charge in [-0.05, 0) is 70.3 Å². The molecule has 1 aromatic heterocycles. The number of hydrogen-bond acceptors (Lipinski definition) is 4. The first-order valence-electron chi connectivity index (χ1n) is 11.8. The average Bonchev–Trinajstić information content (AvgIpc) is 2.81. The molecule has 0 radical (unpaired) electrons. The number of benzene rings is 2. The number of nitrogens with zero attached hydrogens (tertiary/aromatic N) is 4. The van der Waals surface area contributed by atoms with Gasteiger partial charge < -0.3 is 4.57 Å². The zero-order chi connectivity index (χ0) is 22.5. The molecule has 0 amide bonds. The van der Waals surface area contributed by atoms with Gasteiger partial charge in [0.05, 0.1) is 22.7 Å². The first-order valence-corrected chi connectivity index (χ1v) is 11.8. The van der Waals surface area contributed by atoms with E-state index in [0.29, 0.717) is 35.4 Å². The minimum Gasteiger partial charge on any atom is -0.305 e. The minimum absolute atomic E-state index is 0.0861. The number of likely N-dealkylation sites (tertiary alicyclic amines) is 1. The molecule has 5 nitrogen and oxygen atoms in total. The number of aromatic nitrogens is 2. The summed E-state index contributed by atoms with van der Waals surface area (Å²) in [5.41, 5.74) is 3.23. The highest BCUT2D eigenvalue weighted by Gasteiger charge is 2.23. The summed E-state index contributed by atoms with van der Waals surface area (Å²) in [5, 5.41) is 9.24. The molecule has 1 aliphatic heterocycles. The molecule has 0 N–H and O–H groups in total. The SMILES string of the molecule is CC1CCCC(C)N1CCCCCn1c(=O)c(-c2cccc(C#N)c2)nc2ccccc21. The summed E-state index contributed by atoms with van der Waals surface area (Å²) in [7, 11) is 0. The fraction of sp³-hybridized carbons (Fsp3) is 0.444. The van der Waals surface area contributed by atoms with Crippen LogP contribution in [0.2, 0.25) is 0 Å². The van der Waals surface area contributed by atoms with Gasteiger partial charge in [-0.2, -0.15) is 5.26 Å². The fourth-order valence-corrected chi connectivity index (χ4v) is 5.00. The van der Waals surface area contributed by atoms with Crippen molar-refractivity contribution < 1.29 is 0 Å². The van der Waals surface area contributed by atoms with Gasteiger partial charge in [-0.1, -0.05) is 37.1 Å². The molecule has 0 saturated carbocycles. The first kappa shape index (κ1) is 22.2. The summed E-state index contributed by atoms with van der Waals surface area (Å²) in [6, 6.07) is 18.5. The van der Waals surface area contributed by atoms with E-state index in [1.165, 1.54) is 19.3 Å². The molecule has 3 aromatic rings. The Labute approximate surface area is 190 Å². The van der Waals surface area contributed by atoms with Gasteiger partial charge in [-0.25, -0.2) is 4.98 Å². The zero-order valence-electron chi connectivity index (χ0n) is 19.1. The highest BCUT2D eigenvalue weighted by atomic mass is 16.1. The lowest BCUT2D eigenvalue weighted by atomic mass is 9.97. The molecular weight excluding hydrogens is 396 g/mol. The van der Waals surface area contributed by atoms with Crippen molar-refractivity contribution in [2.75, 3.05) is 6.54 Å². The maximum Gasteiger partial charge on any atom is 0.277 e. The third-order valence-electron chi connectivity index (χ3n) is 6.79.